The Morgan fingerprint density at radius 2 is 2.00 bits per heavy atom. The van der Waals surface area contributed by atoms with Crippen molar-refractivity contribution in [2.75, 3.05) is 6.54 Å². The topological polar surface area (TPSA) is 65.1 Å². The molecule has 26 heavy (non-hydrogen) atoms. The molecular weight excluding hydrogens is 342 g/mol. The van der Waals surface area contributed by atoms with Gasteiger partial charge in [-0.1, -0.05) is 36.4 Å². The van der Waals surface area contributed by atoms with Gasteiger partial charge < -0.3 is 9.88 Å². The highest BCUT2D eigenvalue weighted by atomic mass is 32.1. The normalized spacial score (nSPS) is 10.8. The van der Waals surface area contributed by atoms with Crippen LogP contribution in [0, 0.1) is 11.3 Å². The summed E-state index contributed by atoms with van der Waals surface area (Å²) >= 11 is 5.11. The smallest absolute Gasteiger partial charge is 0.186 e. The van der Waals surface area contributed by atoms with Crippen LogP contribution in [0.2, 0.25) is 0 Å². The molecule has 3 rings (SSSR count). The van der Waals surface area contributed by atoms with Crippen molar-refractivity contribution in [1.82, 2.24) is 15.3 Å². The number of para-hydroxylation sites is 1. The van der Waals surface area contributed by atoms with Gasteiger partial charge in [-0.15, -0.1) is 0 Å². The summed E-state index contributed by atoms with van der Waals surface area (Å²) < 4.78 is 2.13. The quantitative estimate of drug-likeness (QED) is 0.415. The van der Waals surface area contributed by atoms with Crippen molar-refractivity contribution in [3.63, 3.8) is 0 Å². The number of aromatic nitrogens is 1. The molecule has 5 nitrogen and oxygen atoms in total. The number of rotatable bonds is 5. The van der Waals surface area contributed by atoms with Gasteiger partial charge in [-0.05, 0) is 36.8 Å². The summed E-state index contributed by atoms with van der Waals surface area (Å²) in [5.41, 5.74) is 6.58. The van der Waals surface area contributed by atoms with Gasteiger partial charge in [-0.2, -0.15) is 10.4 Å². The molecular formula is C20H19N5S. The van der Waals surface area contributed by atoms with Crippen molar-refractivity contribution >= 4 is 34.4 Å². The van der Waals surface area contributed by atoms with Crippen LogP contribution in [0.1, 0.15) is 23.6 Å². The van der Waals surface area contributed by atoms with Gasteiger partial charge in [0.15, 0.2) is 5.11 Å². The van der Waals surface area contributed by atoms with E-state index in [2.05, 4.69) is 38.6 Å². The van der Waals surface area contributed by atoms with Crippen molar-refractivity contribution < 1.29 is 0 Å². The molecule has 0 spiro atoms. The summed E-state index contributed by atoms with van der Waals surface area (Å²) in [6.07, 6.45) is 3.80. The molecule has 0 radical (unpaired) electrons. The second-order valence-electron chi connectivity index (χ2n) is 5.73. The fourth-order valence-corrected chi connectivity index (χ4v) is 3.02. The van der Waals surface area contributed by atoms with Crippen LogP contribution in [-0.4, -0.2) is 22.4 Å². The summed E-state index contributed by atoms with van der Waals surface area (Å²) in [6.45, 7) is 3.35. The SMILES string of the molecule is CCNC(=S)N/N=C\c1cn(Cc2ccccc2C#N)c2ccccc12. The molecule has 0 atom stereocenters. The number of benzene rings is 2. The maximum absolute atomic E-state index is 9.32. The first-order valence-corrected chi connectivity index (χ1v) is 8.76. The monoisotopic (exact) mass is 361 g/mol. The van der Waals surface area contributed by atoms with Crippen molar-refractivity contribution in [2.24, 2.45) is 5.10 Å². The van der Waals surface area contributed by atoms with Gasteiger partial charge in [-0.25, -0.2) is 0 Å². The van der Waals surface area contributed by atoms with Gasteiger partial charge in [-0.3, -0.25) is 5.43 Å². The first kappa shape index (κ1) is 17.6. The number of hydrogen-bond donors (Lipinski definition) is 2. The number of thiocarbonyl (C=S) groups is 1. The van der Waals surface area contributed by atoms with Gasteiger partial charge in [0.1, 0.15) is 0 Å². The second kappa shape index (κ2) is 8.28. The average molecular weight is 361 g/mol. The van der Waals surface area contributed by atoms with Crippen LogP contribution >= 0.6 is 12.2 Å². The van der Waals surface area contributed by atoms with Crippen LogP contribution < -0.4 is 10.7 Å². The van der Waals surface area contributed by atoms with Gasteiger partial charge in [0, 0.05) is 35.8 Å². The average Bonchev–Trinajstić information content (AvgIpc) is 3.00. The fourth-order valence-electron chi connectivity index (χ4n) is 2.82. The van der Waals surface area contributed by atoms with E-state index < -0.39 is 0 Å². The molecule has 0 amide bonds. The lowest BCUT2D eigenvalue weighted by molar-refractivity contribution is 0.833. The van der Waals surface area contributed by atoms with Crippen molar-refractivity contribution in [3.05, 3.63) is 71.4 Å². The summed E-state index contributed by atoms with van der Waals surface area (Å²) in [6, 6.07) is 18.1. The molecule has 0 bridgehead atoms. The molecule has 0 unspecified atom stereocenters. The van der Waals surface area contributed by atoms with Gasteiger partial charge in [0.05, 0.1) is 17.8 Å². The Hall–Kier alpha value is -3.17. The minimum absolute atomic E-state index is 0.496. The standard InChI is InChI=1S/C20H19N5S/c1-2-22-20(26)24-23-12-17-14-25(19-10-6-5-9-18(17)19)13-16-8-4-3-7-15(16)11-21/h3-10,12,14H,2,13H2,1H3,(H2,22,24,26)/b23-12-. The van der Waals surface area contributed by atoms with Gasteiger partial charge in [0.25, 0.3) is 0 Å². The van der Waals surface area contributed by atoms with Crippen LogP contribution in [0.15, 0.2) is 59.8 Å². The van der Waals surface area contributed by atoms with Crippen molar-refractivity contribution in [1.29, 1.82) is 5.26 Å². The predicted octanol–water partition coefficient (Wildman–Crippen LogP) is 3.38. The van der Waals surface area contributed by atoms with E-state index in [0.717, 1.165) is 28.6 Å². The van der Waals surface area contributed by atoms with E-state index in [1.807, 2.05) is 49.5 Å². The molecule has 0 aliphatic heterocycles. The molecule has 0 aliphatic carbocycles. The molecule has 0 fully saturated rings. The molecule has 0 aliphatic rings. The van der Waals surface area contributed by atoms with E-state index >= 15 is 0 Å². The van der Waals surface area contributed by atoms with Crippen molar-refractivity contribution in [3.8, 4) is 6.07 Å². The molecule has 2 aromatic carbocycles. The van der Waals surface area contributed by atoms with Crippen LogP contribution in [0.3, 0.4) is 0 Å². The summed E-state index contributed by atoms with van der Waals surface area (Å²) in [4.78, 5) is 0. The molecule has 6 heteroatoms. The van der Waals surface area contributed by atoms with E-state index in [0.29, 0.717) is 17.2 Å². The Bertz CT molecular complexity index is 997. The lowest BCUT2D eigenvalue weighted by Gasteiger charge is -2.07. The predicted molar refractivity (Wildman–Crippen MR) is 109 cm³/mol. The molecule has 1 aromatic heterocycles. The summed E-state index contributed by atoms with van der Waals surface area (Å²) in [7, 11) is 0. The van der Waals surface area contributed by atoms with Crippen LogP contribution in [0.5, 0.6) is 0 Å². The molecule has 130 valence electrons. The Labute approximate surface area is 157 Å². The van der Waals surface area contributed by atoms with E-state index in [1.54, 1.807) is 6.21 Å². The molecule has 0 saturated carbocycles. The Kier molecular flexibility index (Phi) is 5.62. The Morgan fingerprint density at radius 3 is 2.81 bits per heavy atom. The number of hydrogen-bond acceptors (Lipinski definition) is 3. The first-order valence-electron chi connectivity index (χ1n) is 8.35. The zero-order chi connectivity index (χ0) is 18.4. The second-order valence-corrected chi connectivity index (χ2v) is 6.14. The van der Waals surface area contributed by atoms with E-state index in [4.69, 9.17) is 12.2 Å². The lowest BCUT2D eigenvalue weighted by atomic mass is 10.1. The molecule has 0 saturated heterocycles. The third-order valence-corrected chi connectivity index (χ3v) is 4.24. The number of nitriles is 1. The highest BCUT2D eigenvalue weighted by molar-refractivity contribution is 7.80. The minimum atomic E-state index is 0.496. The molecule has 1 heterocycles. The highest BCUT2D eigenvalue weighted by Gasteiger charge is 2.09. The van der Waals surface area contributed by atoms with Crippen LogP contribution in [0.25, 0.3) is 10.9 Å². The largest absolute Gasteiger partial charge is 0.362 e. The Balaban J connectivity index is 1.91. The van der Waals surface area contributed by atoms with Crippen molar-refractivity contribution in [2.45, 2.75) is 13.5 Å². The lowest BCUT2D eigenvalue weighted by Crippen LogP contribution is -2.31. The zero-order valence-electron chi connectivity index (χ0n) is 14.4. The highest BCUT2D eigenvalue weighted by Crippen LogP contribution is 2.22. The van der Waals surface area contributed by atoms with Crippen LogP contribution in [-0.2, 0) is 6.54 Å². The molecule has 3 aromatic rings. The maximum Gasteiger partial charge on any atom is 0.186 e. The summed E-state index contributed by atoms with van der Waals surface area (Å²) in [5.74, 6) is 0. The van der Waals surface area contributed by atoms with E-state index in [1.165, 1.54) is 0 Å². The number of fused-ring (bicyclic) bond motifs is 1. The van der Waals surface area contributed by atoms with Crippen LogP contribution in [0.4, 0.5) is 0 Å². The van der Waals surface area contributed by atoms with E-state index in [-0.39, 0.29) is 0 Å². The Morgan fingerprint density at radius 1 is 1.23 bits per heavy atom. The summed E-state index contributed by atoms with van der Waals surface area (Å²) in [5, 5.41) is 18.1. The van der Waals surface area contributed by atoms with Gasteiger partial charge >= 0.3 is 0 Å². The number of hydrazone groups is 1. The number of nitrogens with zero attached hydrogens (tertiary/aromatic N) is 3. The molecule has 2 N–H and O–H groups in total. The minimum Gasteiger partial charge on any atom is -0.362 e. The fraction of sp³-hybridized carbons (Fsp3) is 0.150. The zero-order valence-corrected chi connectivity index (χ0v) is 15.3. The third-order valence-electron chi connectivity index (χ3n) is 4.00. The first-order chi connectivity index (χ1) is 12.7. The van der Waals surface area contributed by atoms with E-state index in [9.17, 15) is 5.26 Å². The third kappa shape index (κ3) is 3.90. The maximum atomic E-state index is 9.32. The van der Waals surface area contributed by atoms with Gasteiger partial charge in [0.2, 0.25) is 0 Å². The number of nitrogens with one attached hydrogen (secondary N) is 2.